The third-order valence-corrected chi connectivity index (χ3v) is 5.06. The fourth-order valence-corrected chi connectivity index (χ4v) is 3.67. The summed E-state index contributed by atoms with van der Waals surface area (Å²) in [5.41, 5.74) is 3.22. The summed E-state index contributed by atoms with van der Waals surface area (Å²) in [6.07, 6.45) is 4.68. The quantitative estimate of drug-likeness (QED) is 0.622. The predicted molar refractivity (Wildman–Crippen MR) is 106 cm³/mol. The molecule has 1 atom stereocenters. The Morgan fingerprint density at radius 1 is 1.04 bits per heavy atom. The van der Waals surface area contributed by atoms with E-state index in [1.54, 1.807) is 0 Å². The van der Waals surface area contributed by atoms with E-state index in [0.717, 1.165) is 61.7 Å². The lowest BCUT2D eigenvalue weighted by atomic mass is 10.1. The van der Waals surface area contributed by atoms with Crippen molar-refractivity contribution in [2.24, 2.45) is 0 Å². The molecule has 0 spiro atoms. The van der Waals surface area contributed by atoms with Crippen molar-refractivity contribution < 1.29 is 4.42 Å². The molecule has 4 heteroatoms. The summed E-state index contributed by atoms with van der Waals surface area (Å²) >= 11 is 0. The highest BCUT2D eigenvalue weighted by Gasteiger charge is 2.30. The SMILES string of the molecule is N#CC1CCCN1c1oc(CCCc2ccccc2)nc1-c1ccccc1. The van der Waals surface area contributed by atoms with E-state index in [1.165, 1.54) is 5.56 Å². The molecule has 4 rings (SSSR count). The van der Waals surface area contributed by atoms with Gasteiger partial charge in [-0.2, -0.15) is 5.26 Å². The summed E-state index contributed by atoms with van der Waals surface area (Å²) in [4.78, 5) is 6.89. The number of aryl methyl sites for hydroxylation is 2. The first-order valence-electron chi connectivity index (χ1n) is 9.60. The lowest BCUT2D eigenvalue weighted by Gasteiger charge is -2.19. The Hall–Kier alpha value is -3.06. The minimum atomic E-state index is -0.127. The van der Waals surface area contributed by atoms with E-state index in [9.17, 15) is 5.26 Å². The van der Waals surface area contributed by atoms with Crippen molar-refractivity contribution in [1.29, 1.82) is 5.26 Å². The molecule has 0 bridgehead atoms. The molecule has 1 unspecified atom stereocenters. The van der Waals surface area contributed by atoms with Gasteiger partial charge in [0.1, 0.15) is 11.7 Å². The highest BCUT2D eigenvalue weighted by atomic mass is 16.4. The van der Waals surface area contributed by atoms with Gasteiger partial charge in [0.15, 0.2) is 5.89 Å². The van der Waals surface area contributed by atoms with Crippen molar-refractivity contribution in [3.63, 3.8) is 0 Å². The topological polar surface area (TPSA) is 53.1 Å². The van der Waals surface area contributed by atoms with E-state index in [4.69, 9.17) is 9.40 Å². The zero-order chi connectivity index (χ0) is 18.5. The van der Waals surface area contributed by atoms with Crippen molar-refractivity contribution in [1.82, 2.24) is 4.98 Å². The first-order valence-corrected chi connectivity index (χ1v) is 9.60. The molecule has 0 radical (unpaired) electrons. The molecule has 0 saturated carbocycles. The molecule has 0 aliphatic carbocycles. The van der Waals surface area contributed by atoms with Gasteiger partial charge in [0.2, 0.25) is 5.88 Å². The number of nitrogens with zero attached hydrogens (tertiary/aromatic N) is 3. The molecular formula is C23H23N3O. The van der Waals surface area contributed by atoms with Crippen LogP contribution in [0.3, 0.4) is 0 Å². The van der Waals surface area contributed by atoms with Gasteiger partial charge in [0.05, 0.1) is 6.07 Å². The second-order valence-corrected chi connectivity index (χ2v) is 6.95. The van der Waals surface area contributed by atoms with Crippen LogP contribution in [0.2, 0.25) is 0 Å². The molecule has 3 aromatic rings. The molecule has 1 saturated heterocycles. The van der Waals surface area contributed by atoms with Gasteiger partial charge < -0.3 is 9.32 Å². The Balaban J connectivity index is 1.57. The van der Waals surface area contributed by atoms with Gasteiger partial charge in [-0.1, -0.05) is 60.7 Å². The molecule has 136 valence electrons. The minimum Gasteiger partial charge on any atom is -0.424 e. The molecule has 0 N–H and O–H groups in total. The second-order valence-electron chi connectivity index (χ2n) is 6.95. The first kappa shape index (κ1) is 17.4. The maximum absolute atomic E-state index is 9.48. The molecule has 1 aromatic heterocycles. The van der Waals surface area contributed by atoms with Crippen molar-refractivity contribution in [2.75, 3.05) is 11.4 Å². The second kappa shape index (κ2) is 8.09. The Bertz CT molecular complexity index is 912. The summed E-state index contributed by atoms with van der Waals surface area (Å²) < 4.78 is 6.19. The van der Waals surface area contributed by atoms with Crippen molar-refractivity contribution in [3.8, 4) is 17.3 Å². The zero-order valence-corrected chi connectivity index (χ0v) is 15.3. The monoisotopic (exact) mass is 357 g/mol. The number of hydrogen-bond acceptors (Lipinski definition) is 4. The third kappa shape index (κ3) is 3.88. The molecule has 1 aliphatic rings. The highest BCUT2D eigenvalue weighted by Crippen LogP contribution is 2.35. The molecular weight excluding hydrogens is 334 g/mol. The molecule has 27 heavy (non-hydrogen) atoms. The average molecular weight is 357 g/mol. The fourth-order valence-electron chi connectivity index (χ4n) is 3.67. The van der Waals surface area contributed by atoms with E-state index < -0.39 is 0 Å². The molecule has 1 fully saturated rings. The Morgan fingerprint density at radius 3 is 2.52 bits per heavy atom. The van der Waals surface area contributed by atoms with Crippen LogP contribution in [-0.2, 0) is 12.8 Å². The van der Waals surface area contributed by atoms with Gasteiger partial charge in [-0.15, -0.1) is 0 Å². The van der Waals surface area contributed by atoms with Crippen molar-refractivity contribution in [2.45, 2.75) is 38.1 Å². The van der Waals surface area contributed by atoms with Crippen LogP contribution >= 0.6 is 0 Å². The van der Waals surface area contributed by atoms with Crippen LogP contribution < -0.4 is 4.90 Å². The number of hydrogen-bond donors (Lipinski definition) is 0. The van der Waals surface area contributed by atoms with Crippen LogP contribution in [0.5, 0.6) is 0 Å². The lowest BCUT2D eigenvalue weighted by molar-refractivity contribution is 0.480. The van der Waals surface area contributed by atoms with E-state index in [0.29, 0.717) is 0 Å². The Labute approximate surface area is 160 Å². The summed E-state index contributed by atoms with van der Waals surface area (Å²) in [5.74, 6) is 1.50. The largest absolute Gasteiger partial charge is 0.424 e. The zero-order valence-electron chi connectivity index (χ0n) is 15.3. The number of benzene rings is 2. The molecule has 1 aliphatic heterocycles. The van der Waals surface area contributed by atoms with Crippen molar-refractivity contribution >= 4 is 5.88 Å². The van der Waals surface area contributed by atoms with Crippen LogP contribution in [0.1, 0.15) is 30.7 Å². The summed E-state index contributed by atoms with van der Waals surface area (Å²) in [7, 11) is 0. The van der Waals surface area contributed by atoms with Crippen LogP contribution in [0.25, 0.3) is 11.3 Å². The summed E-state index contributed by atoms with van der Waals surface area (Å²) in [5, 5.41) is 9.48. The normalized spacial score (nSPS) is 16.4. The van der Waals surface area contributed by atoms with Crippen molar-refractivity contribution in [3.05, 3.63) is 72.1 Å². The Kier molecular flexibility index (Phi) is 5.20. The van der Waals surface area contributed by atoms with Gasteiger partial charge in [0.25, 0.3) is 0 Å². The molecule has 2 heterocycles. The number of aromatic nitrogens is 1. The van der Waals surface area contributed by atoms with E-state index in [2.05, 4.69) is 35.2 Å². The van der Waals surface area contributed by atoms with E-state index >= 15 is 0 Å². The van der Waals surface area contributed by atoms with Crippen LogP contribution in [0, 0.1) is 11.3 Å². The standard InChI is InChI=1S/C23H23N3O/c24-17-20-14-8-16-26(20)23-22(19-12-5-2-6-13-19)25-21(27-23)15-7-11-18-9-3-1-4-10-18/h1-6,9-10,12-13,20H,7-8,11,14-16H2. The van der Waals surface area contributed by atoms with Gasteiger partial charge in [-0.25, -0.2) is 4.98 Å². The minimum absolute atomic E-state index is 0.127. The maximum atomic E-state index is 9.48. The smallest absolute Gasteiger partial charge is 0.225 e. The van der Waals surface area contributed by atoms with Crippen LogP contribution in [0.4, 0.5) is 5.88 Å². The van der Waals surface area contributed by atoms with Gasteiger partial charge in [-0.05, 0) is 31.2 Å². The van der Waals surface area contributed by atoms with Crippen LogP contribution in [0.15, 0.2) is 65.1 Å². The number of anilines is 1. The molecule has 2 aromatic carbocycles. The summed E-state index contributed by atoms with van der Waals surface area (Å²) in [6, 6.07) is 22.9. The van der Waals surface area contributed by atoms with E-state index in [-0.39, 0.29) is 6.04 Å². The fraction of sp³-hybridized carbons (Fsp3) is 0.304. The predicted octanol–water partition coefficient (Wildman–Crippen LogP) is 5.01. The van der Waals surface area contributed by atoms with Gasteiger partial charge in [-0.3, -0.25) is 0 Å². The van der Waals surface area contributed by atoms with Gasteiger partial charge >= 0.3 is 0 Å². The first-order chi connectivity index (χ1) is 13.3. The molecule has 4 nitrogen and oxygen atoms in total. The number of nitriles is 1. The highest BCUT2D eigenvalue weighted by molar-refractivity contribution is 5.72. The Morgan fingerprint density at radius 2 is 1.78 bits per heavy atom. The third-order valence-electron chi connectivity index (χ3n) is 5.06. The number of rotatable bonds is 6. The van der Waals surface area contributed by atoms with E-state index in [1.807, 2.05) is 36.4 Å². The average Bonchev–Trinajstić information content (AvgIpc) is 3.36. The summed E-state index contributed by atoms with van der Waals surface area (Å²) in [6.45, 7) is 0.844. The van der Waals surface area contributed by atoms with Gasteiger partial charge in [0, 0.05) is 18.5 Å². The maximum Gasteiger partial charge on any atom is 0.225 e. The lowest BCUT2D eigenvalue weighted by Crippen LogP contribution is -2.27. The number of oxazole rings is 1. The molecule has 0 amide bonds. The van der Waals surface area contributed by atoms with Crippen LogP contribution in [-0.4, -0.2) is 17.6 Å².